The lowest BCUT2D eigenvalue weighted by molar-refractivity contribution is -0.153. The molecule has 2 fully saturated rings. The highest BCUT2D eigenvalue weighted by Gasteiger charge is 2.28. The monoisotopic (exact) mass is 539 g/mol. The normalized spacial score (nSPS) is 17.2. The first kappa shape index (κ1) is 28.0. The minimum atomic E-state index is -4.37. The molecule has 1 aromatic carbocycles. The predicted molar refractivity (Wildman–Crippen MR) is 149 cm³/mol. The Morgan fingerprint density at radius 1 is 1.18 bits per heavy atom. The van der Waals surface area contributed by atoms with Crippen LogP contribution in [0.5, 0.6) is 5.75 Å². The molecule has 1 aromatic heterocycles. The number of hydrogen-bond donors (Lipinski definition) is 2. The maximum absolute atomic E-state index is 12.3. The molecule has 8 nitrogen and oxygen atoms in total. The Balaban J connectivity index is 1.31. The second-order valence-electron chi connectivity index (χ2n) is 9.19. The van der Waals surface area contributed by atoms with Crippen molar-refractivity contribution in [3.63, 3.8) is 0 Å². The Morgan fingerprint density at radius 3 is 2.64 bits per heavy atom. The lowest BCUT2D eigenvalue weighted by atomic mass is 10.2. The highest BCUT2D eigenvalue weighted by Crippen LogP contribution is 2.35. The quantitative estimate of drug-likeness (QED) is 0.365. The molecule has 1 saturated heterocycles. The second-order valence-corrected chi connectivity index (χ2v) is 9.19. The van der Waals surface area contributed by atoms with Crippen molar-refractivity contribution in [1.82, 2.24) is 15.2 Å². The van der Waals surface area contributed by atoms with Gasteiger partial charge in [-0.3, -0.25) is 9.98 Å². The van der Waals surface area contributed by atoms with E-state index in [-0.39, 0.29) is 5.75 Å². The maximum atomic E-state index is 12.3. The van der Waals surface area contributed by atoms with Crippen molar-refractivity contribution in [2.45, 2.75) is 25.6 Å². The van der Waals surface area contributed by atoms with Gasteiger partial charge in [0.25, 0.3) is 0 Å². The van der Waals surface area contributed by atoms with E-state index in [2.05, 4.69) is 42.2 Å². The van der Waals surface area contributed by atoms with Crippen LogP contribution in [0, 0.1) is 5.92 Å². The summed E-state index contributed by atoms with van der Waals surface area (Å²) in [6.07, 6.45) is 7.06. The van der Waals surface area contributed by atoms with Gasteiger partial charge < -0.3 is 20.3 Å². The fraction of sp³-hybridized carbons (Fsp3) is 0.357. The molecule has 2 heterocycles. The van der Waals surface area contributed by atoms with Crippen molar-refractivity contribution < 1.29 is 17.9 Å². The summed E-state index contributed by atoms with van der Waals surface area (Å²) in [5.41, 5.74) is 2.78. The van der Waals surface area contributed by atoms with Crippen molar-refractivity contribution >= 4 is 30.7 Å². The number of anilines is 2. The minimum absolute atomic E-state index is 0.144. The summed E-state index contributed by atoms with van der Waals surface area (Å²) in [6, 6.07) is 9.99. The number of alkyl halides is 3. The van der Waals surface area contributed by atoms with Gasteiger partial charge in [-0.1, -0.05) is 0 Å². The second kappa shape index (κ2) is 13.7. The molecular formula is C28H32F3N7O. The van der Waals surface area contributed by atoms with Gasteiger partial charge in [-0.2, -0.15) is 13.2 Å². The molecule has 1 aliphatic heterocycles. The molecule has 2 aromatic rings. The number of aromatic nitrogens is 1. The van der Waals surface area contributed by atoms with Gasteiger partial charge in [0.2, 0.25) is 0 Å². The summed E-state index contributed by atoms with van der Waals surface area (Å²) in [7, 11) is 0. The fourth-order valence-electron chi connectivity index (χ4n) is 3.89. The van der Waals surface area contributed by atoms with Gasteiger partial charge in [0.05, 0.1) is 12.7 Å². The van der Waals surface area contributed by atoms with Gasteiger partial charge >= 0.3 is 6.18 Å². The lowest BCUT2D eigenvalue weighted by Crippen LogP contribution is -2.42. The molecule has 0 atom stereocenters. The molecule has 2 aliphatic rings. The van der Waals surface area contributed by atoms with Crippen LogP contribution in [0.1, 0.15) is 18.4 Å². The van der Waals surface area contributed by atoms with Crippen LogP contribution < -0.4 is 15.4 Å². The summed E-state index contributed by atoms with van der Waals surface area (Å²) in [4.78, 5) is 19.6. The van der Waals surface area contributed by atoms with Crippen LogP contribution in [0.3, 0.4) is 0 Å². The smallest absolute Gasteiger partial charge is 0.422 e. The zero-order valence-corrected chi connectivity index (χ0v) is 21.6. The molecular weight excluding hydrogens is 507 g/mol. The molecule has 4 rings (SSSR count). The first-order valence-corrected chi connectivity index (χ1v) is 12.8. The Labute approximate surface area is 226 Å². The zero-order chi connectivity index (χ0) is 27.5. The molecule has 0 bridgehead atoms. The van der Waals surface area contributed by atoms with E-state index in [9.17, 15) is 13.2 Å². The van der Waals surface area contributed by atoms with Crippen molar-refractivity contribution in [3.8, 4) is 5.75 Å². The van der Waals surface area contributed by atoms with Gasteiger partial charge in [-0.15, -0.1) is 0 Å². The first-order valence-electron chi connectivity index (χ1n) is 12.8. The molecule has 1 aliphatic carbocycles. The van der Waals surface area contributed by atoms with E-state index in [0.29, 0.717) is 24.0 Å². The van der Waals surface area contributed by atoms with E-state index in [1.54, 1.807) is 30.7 Å². The summed E-state index contributed by atoms with van der Waals surface area (Å²) < 4.78 is 41.7. The van der Waals surface area contributed by atoms with Crippen LogP contribution in [0.15, 0.2) is 81.2 Å². The van der Waals surface area contributed by atoms with E-state index < -0.39 is 12.8 Å². The third-order valence-electron chi connectivity index (χ3n) is 6.07. The van der Waals surface area contributed by atoms with Crippen molar-refractivity contribution in [2.24, 2.45) is 20.9 Å². The van der Waals surface area contributed by atoms with Gasteiger partial charge in [0.15, 0.2) is 6.61 Å². The third-order valence-corrected chi connectivity index (χ3v) is 6.07. The lowest BCUT2D eigenvalue weighted by Gasteiger charge is -2.28. The van der Waals surface area contributed by atoms with Crippen LogP contribution in [-0.2, 0) is 6.54 Å². The number of nitrogens with one attached hydrogen (secondary N) is 2. The van der Waals surface area contributed by atoms with Crippen LogP contribution >= 0.6 is 0 Å². The number of nitrogens with zero attached hydrogens (tertiary/aromatic N) is 5. The van der Waals surface area contributed by atoms with Crippen LogP contribution in [-0.4, -0.2) is 68.0 Å². The fourth-order valence-corrected chi connectivity index (χ4v) is 3.89. The molecule has 39 heavy (non-hydrogen) atoms. The SMILES string of the molecule is C=N/C(=C/N=C\C(=C\C=N/Cc1ccnc(Nc2ccc(OCC(F)(F)F)cc2)c1)C1CC1)N1CCNCC1. The van der Waals surface area contributed by atoms with Gasteiger partial charge in [-0.25, -0.2) is 9.98 Å². The van der Waals surface area contributed by atoms with E-state index in [0.717, 1.165) is 56.0 Å². The number of ether oxygens (including phenoxy) is 1. The average Bonchev–Trinajstić information content (AvgIpc) is 3.78. The topological polar surface area (TPSA) is 86.5 Å². The molecule has 0 radical (unpaired) electrons. The largest absolute Gasteiger partial charge is 0.484 e. The summed E-state index contributed by atoms with van der Waals surface area (Å²) in [5, 5.41) is 6.46. The average molecular weight is 540 g/mol. The number of hydrogen-bond acceptors (Lipinski definition) is 8. The van der Waals surface area contributed by atoms with E-state index in [1.165, 1.54) is 12.1 Å². The zero-order valence-electron chi connectivity index (χ0n) is 21.6. The predicted octanol–water partition coefficient (Wildman–Crippen LogP) is 5.15. The molecule has 0 unspecified atom stereocenters. The van der Waals surface area contributed by atoms with Crippen molar-refractivity contribution in [1.29, 1.82) is 0 Å². The van der Waals surface area contributed by atoms with E-state index >= 15 is 0 Å². The summed E-state index contributed by atoms with van der Waals surface area (Å²) in [5.74, 6) is 2.04. The number of allylic oxidation sites excluding steroid dienone is 2. The van der Waals surface area contributed by atoms with Crippen LogP contribution in [0.2, 0.25) is 0 Å². The van der Waals surface area contributed by atoms with Crippen LogP contribution in [0.4, 0.5) is 24.7 Å². The highest BCUT2D eigenvalue weighted by molar-refractivity contribution is 5.88. The standard InChI is InChI=1S/C28H32F3N7O/c1-32-27(38-14-12-33-13-15-38)19-35-18-23(22-2-3-22)9-10-34-17-21-8-11-36-26(16-21)37-24-4-6-25(7-5-24)39-20-28(29,30)31/h4-11,16,18-19,22,33H,1-3,12-15,17,20H2,(H,36,37)/b23-9-,27-19-,34-10-,35-18-. The van der Waals surface area contributed by atoms with Gasteiger partial charge in [0, 0.05) is 50.5 Å². The Morgan fingerprint density at radius 2 is 1.95 bits per heavy atom. The number of halogens is 3. The van der Waals surface area contributed by atoms with Crippen LogP contribution in [0.25, 0.3) is 0 Å². The minimum Gasteiger partial charge on any atom is -0.484 e. The number of pyridine rings is 1. The number of rotatable bonds is 12. The molecule has 2 N–H and O–H groups in total. The number of aliphatic imine (C=N–C) groups is 3. The molecule has 206 valence electrons. The molecule has 0 spiro atoms. The Bertz CT molecular complexity index is 1210. The number of benzene rings is 1. The van der Waals surface area contributed by atoms with Gasteiger partial charge in [0.1, 0.15) is 17.4 Å². The summed E-state index contributed by atoms with van der Waals surface area (Å²) >= 11 is 0. The molecule has 11 heteroatoms. The van der Waals surface area contributed by atoms with Crippen molar-refractivity contribution in [3.05, 3.63) is 71.8 Å². The Hall–Kier alpha value is -3.99. The maximum Gasteiger partial charge on any atom is 0.422 e. The van der Waals surface area contributed by atoms with E-state index in [1.807, 2.05) is 24.4 Å². The summed E-state index contributed by atoms with van der Waals surface area (Å²) in [6.45, 7) is 6.45. The Kier molecular flexibility index (Phi) is 9.85. The van der Waals surface area contributed by atoms with E-state index in [4.69, 9.17) is 4.74 Å². The molecule has 0 amide bonds. The third kappa shape index (κ3) is 9.68. The number of piperazine rings is 1. The van der Waals surface area contributed by atoms with Crippen molar-refractivity contribution in [2.75, 3.05) is 38.1 Å². The first-order chi connectivity index (χ1) is 18.9. The highest BCUT2D eigenvalue weighted by atomic mass is 19.4. The molecule has 1 saturated carbocycles. The van der Waals surface area contributed by atoms with Gasteiger partial charge in [-0.05, 0) is 79.1 Å².